The largest absolute Gasteiger partial charge is 0.309 e. The quantitative estimate of drug-likeness (QED) is 0.232. The maximum Gasteiger partial charge on any atom is 0.235 e. The predicted octanol–water partition coefficient (Wildman–Crippen LogP) is 9.33. The Kier molecular flexibility index (Phi) is 4.30. The van der Waals surface area contributed by atoms with Gasteiger partial charge in [-0.2, -0.15) is 0 Å². The second-order valence-corrected chi connectivity index (χ2v) is 10.3. The second-order valence-electron chi connectivity index (χ2n) is 10.3. The van der Waals surface area contributed by atoms with Crippen molar-refractivity contribution in [2.24, 2.45) is 0 Å². The normalized spacial score (nSPS) is 12.4. The molecule has 8 aromatic rings. The van der Waals surface area contributed by atoms with Crippen LogP contribution in [-0.2, 0) is 0 Å². The summed E-state index contributed by atoms with van der Waals surface area (Å²) in [6.45, 7) is 0. The predicted molar refractivity (Wildman–Crippen MR) is 165 cm³/mol. The van der Waals surface area contributed by atoms with Crippen molar-refractivity contribution in [3.05, 3.63) is 133 Å². The maximum absolute atomic E-state index is 5.35. The van der Waals surface area contributed by atoms with E-state index in [-0.39, 0.29) is 0 Å². The van der Waals surface area contributed by atoms with Crippen molar-refractivity contribution < 1.29 is 0 Å². The highest BCUT2D eigenvalue weighted by Crippen LogP contribution is 2.50. The number of para-hydroxylation sites is 3. The number of nitrogens with zero attached hydrogens (tertiary/aromatic N) is 4. The van der Waals surface area contributed by atoms with Crippen molar-refractivity contribution in [2.45, 2.75) is 0 Å². The van der Waals surface area contributed by atoms with Gasteiger partial charge < -0.3 is 4.90 Å². The van der Waals surface area contributed by atoms with Gasteiger partial charge >= 0.3 is 0 Å². The summed E-state index contributed by atoms with van der Waals surface area (Å²) >= 11 is 0. The molecule has 0 radical (unpaired) electrons. The van der Waals surface area contributed by atoms with Gasteiger partial charge in [0.25, 0.3) is 0 Å². The highest BCUT2D eigenvalue weighted by atomic mass is 15.2. The second kappa shape index (κ2) is 8.01. The van der Waals surface area contributed by atoms with Crippen molar-refractivity contribution in [2.75, 3.05) is 4.90 Å². The molecule has 186 valence electrons. The minimum Gasteiger partial charge on any atom is -0.309 e. The molecule has 0 unspecified atom stereocenters. The Bertz CT molecular complexity index is 2280. The molecular formula is C36H22N4. The molecule has 4 nitrogen and oxygen atoms in total. The summed E-state index contributed by atoms with van der Waals surface area (Å²) in [6, 6.07) is 47.1. The molecule has 0 aliphatic carbocycles. The zero-order valence-electron chi connectivity index (χ0n) is 21.5. The average Bonchev–Trinajstić information content (AvgIpc) is 3.33. The van der Waals surface area contributed by atoms with Gasteiger partial charge in [0.05, 0.1) is 39.0 Å². The molecule has 0 saturated heterocycles. The molecule has 0 bridgehead atoms. The number of aromatic nitrogens is 3. The minimum absolute atomic E-state index is 0.684. The zero-order chi connectivity index (χ0) is 26.2. The molecule has 0 N–H and O–H groups in total. The first-order valence-electron chi connectivity index (χ1n) is 13.5. The average molecular weight is 511 g/mol. The lowest BCUT2D eigenvalue weighted by Gasteiger charge is -2.32. The third kappa shape index (κ3) is 2.90. The van der Waals surface area contributed by atoms with Gasteiger partial charge in [0.2, 0.25) is 5.95 Å². The van der Waals surface area contributed by atoms with Crippen LogP contribution in [-0.4, -0.2) is 14.5 Å². The van der Waals surface area contributed by atoms with E-state index in [2.05, 4.69) is 143 Å². The number of anilines is 3. The lowest BCUT2D eigenvalue weighted by atomic mass is 9.96. The number of fused-ring (bicyclic) bond motifs is 6. The Morgan fingerprint density at radius 1 is 0.500 bits per heavy atom. The molecule has 0 spiro atoms. The number of hydrogen-bond donors (Lipinski definition) is 0. The van der Waals surface area contributed by atoms with Crippen molar-refractivity contribution in [3.63, 3.8) is 0 Å². The van der Waals surface area contributed by atoms with Gasteiger partial charge in [-0.1, -0.05) is 84.9 Å². The van der Waals surface area contributed by atoms with E-state index in [0.29, 0.717) is 5.95 Å². The van der Waals surface area contributed by atoms with Crippen LogP contribution in [0.3, 0.4) is 0 Å². The Labute approximate surface area is 230 Å². The van der Waals surface area contributed by atoms with Crippen LogP contribution in [0.2, 0.25) is 0 Å². The van der Waals surface area contributed by atoms with Crippen molar-refractivity contribution in [3.8, 4) is 17.2 Å². The van der Waals surface area contributed by atoms with Gasteiger partial charge in [-0.25, -0.2) is 9.97 Å². The topological polar surface area (TPSA) is 34.0 Å². The van der Waals surface area contributed by atoms with Gasteiger partial charge in [-0.15, -0.1) is 0 Å². The zero-order valence-corrected chi connectivity index (χ0v) is 21.5. The van der Waals surface area contributed by atoms with E-state index in [9.17, 15) is 0 Å². The van der Waals surface area contributed by atoms with E-state index in [1.54, 1.807) is 0 Å². The van der Waals surface area contributed by atoms with Gasteiger partial charge in [0.1, 0.15) is 0 Å². The summed E-state index contributed by atoms with van der Waals surface area (Å²) in [5.74, 6) is 0.684. The summed E-state index contributed by atoms with van der Waals surface area (Å²) in [6.07, 6.45) is 0. The van der Waals surface area contributed by atoms with Crippen molar-refractivity contribution in [1.82, 2.24) is 14.5 Å². The monoisotopic (exact) mass is 510 g/mol. The minimum atomic E-state index is 0.684. The molecule has 4 heteroatoms. The molecular weight excluding hydrogens is 488 g/mol. The number of hydrogen-bond acceptors (Lipinski definition) is 3. The van der Waals surface area contributed by atoms with Gasteiger partial charge in [0.15, 0.2) is 0 Å². The first kappa shape index (κ1) is 21.5. The number of benzene rings is 6. The molecule has 1 aliphatic heterocycles. The van der Waals surface area contributed by atoms with Gasteiger partial charge in [0, 0.05) is 22.0 Å². The fourth-order valence-electron chi connectivity index (χ4n) is 6.36. The summed E-state index contributed by atoms with van der Waals surface area (Å²) < 4.78 is 2.23. The summed E-state index contributed by atoms with van der Waals surface area (Å²) in [5, 5.41) is 5.90. The van der Waals surface area contributed by atoms with Crippen LogP contribution in [0, 0.1) is 0 Å². The Morgan fingerprint density at radius 3 is 2.12 bits per heavy atom. The van der Waals surface area contributed by atoms with Crippen molar-refractivity contribution in [1.29, 1.82) is 0 Å². The molecule has 0 fully saturated rings. The maximum atomic E-state index is 5.35. The lowest BCUT2D eigenvalue weighted by molar-refractivity contribution is 1.01. The molecule has 9 rings (SSSR count). The van der Waals surface area contributed by atoms with Gasteiger partial charge in [-0.3, -0.25) is 4.57 Å². The molecule has 0 saturated carbocycles. The molecule has 0 amide bonds. The third-order valence-electron chi connectivity index (χ3n) is 8.08. The van der Waals surface area contributed by atoms with Crippen LogP contribution in [0.4, 0.5) is 17.1 Å². The first-order chi connectivity index (χ1) is 19.8. The van der Waals surface area contributed by atoms with Crippen molar-refractivity contribution >= 4 is 60.5 Å². The molecule has 3 heterocycles. The Morgan fingerprint density at radius 2 is 1.23 bits per heavy atom. The number of rotatable bonds is 2. The van der Waals surface area contributed by atoms with E-state index in [4.69, 9.17) is 9.97 Å². The molecule has 6 aromatic carbocycles. The van der Waals surface area contributed by atoms with E-state index in [1.165, 1.54) is 21.5 Å². The Hall–Kier alpha value is -5.48. The summed E-state index contributed by atoms with van der Waals surface area (Å²) in [4.78, 5) is 12.9. The highest BCUT2D eigenvalue weighted by Gasteiger charge is 2.28. The van der Waals surface area contributed by atoms with Crippen LogP contribution in [0.5, 0.6) is 0 Å². The van der Waals surface area contributed by atoms with Crippen LogP contribution >= 0.6 is 0 Å². The van der Waals surface area contributed by atoms with E-state index < -0.39 is 0 Å². The van der Waals surface area contributed by atoms with E-state index >= 15 is 0 Å². The van der Waals surface area contributed by atoms with Crippen LogP contribution in [0.1, 0.15) is 0 Å². The van der Waals surface area contributed by atoms with Crippen LogP contribution in [0.15, 0.2) is 133 Å². The molecule has 1 aliphatic rings. The fourth-order valence-corrected chi connectivity index (χ4v) is 6.36. The summed E-state index contributed by atoms with van der Waals surface area (Å²) in [7, 11) is 0. The SMILES string of the molecule is c1ccc(N2c3ccccc3-c3nc(-n4c5ccccc5c5cc6ccccc6cc54)nc4cccc2c34)cc1. The smallest absolute Gasteiger partial charge is 0.235 e. The molecule has 2 aromatic heterocycles. The van der Waals surface area contributed by atoms with Gasteiger partial charge in [-0.05, 0) is 59.3 Å². The third-order valence-corrected chi connectivity index (χ3v) is 8.08. The molecule has 0 atom stereocenters. The highest BCUT2D eigenvalue weighted by molar-refractivity contribution is 6.14. The standard InChI is InChI=1S/C36H22N4/c1-2-13-25(14-3-1)39-31-19-9-7-16-27(31)35-34-29(17-10-20-32(34)39)37-36(38-35)40-30-18-8-6-15-26(30)28-21-23-11-4-5-12-24(23)22-33(28)40/h1-22H. The first-order valence-corrected chi connectivity index (χ1v) is 13.5. The van der Waals surface area contributed by atoms with Crippen LogP contribution < -0.4 is 4.90 Å². The molecule has 40 heavy (non-hydrogen) atoms. The fraction of sp³-hybridized carbons (Fsp3) is 0. The Balaban J connectivity index is 1.40. The summed E-state index contributed by atoms with van der Waals surface area (Å²) in [5.41, 5.74) is 8.54. The lowest BCUT2D eigenvalue weighted by Crippen LogP contribution is -2.16. The van der Waals surface area contributed by atoms with E-state index in [0.717, 1.165) is 50.3 Å². The van der Waals surface area contributed by atoms with Crippen LogP contribution in [0.25, 0.3) is 60.7 Å². The van der Waals surface area contributed by atoms with E-state index in [1.807, 2.05) is 0 Å².